The molecular weight excluding hydrogens is 226 g/mol. The molecule has 88 valence electrons. The number of hydrogen-bond acceptors (Lipinski definition) is 3. The molecule has 0 N–H and O–H groups in total. The first-order valence-corrected chi connectivity index (χ1v) is 5.45. The van der Waals surface area contributed by atoms with Crippen molar-refractivity contribution in [2.45, 2.75) is 6.92 Å². The van der Waals surface area contributed by atoms with Crippen molar-refractivity contribution >= 4 is 11.4 Å². The van der Waals surface area contributed by atoms with Crippen molar-refractivity contribution in [2.75, 3.05) is 0 Å². The zero-order chi connectivity index (χ0) is 13.0. The van der Waals surface area contributed by atoms with Crippen LogP contribution in [0.2, 0.25) is 0 Å². The highest BCUT2D eigenvalue weighted by Gasteiger charge is 2.03. The topological polar surface area (TPSA) is 62.2 Å². The van der Waals surface area contributed by atoms with Gasteiger partial charge < -0.3 is 5.21 Å². The third-order valence-electron chi connectivity index (χ3n) is 2.46. The Morgan fingerprint density at radius 2 is 1.67 bits per heavy atom. The standard InChI is InChI=1S/C14H11N3O/c1-11-2-8-14(9-3-11)17(18)16-13-6-4-12(10-15)5-7-13/h2-9H,1H3. The summed E-state index contributed by atoms with van der Waals surface area (Å²) in [6, 6.07) is 15.7. The average Bonchev–Trinajstić information content (AvgIpc) is 2.40. The summed E-state index contributed by atoms with van der Waals surface area (Å²) >= 11 is 0. The van der Waals surface area contributed by atoms with Gasteiger partial charge in [0.15, 0.2) is 0 Å². The second kappa shape index (κ2) is 5.11. The van der Waals surface area contributed by atoms with E-state index in [9.17, 15) is 5.21 Å². The van der Waals surface area contributed by atoms with Gasteiger partial charge in [-0.1, -0.05) is 22.6 Å². The van der Waals surface area contributed by atoms with Crippen LogP contribution in [0, 0.1) is 23.5 Å². The van der Waals surface area contributed by atoms with E-state index in [1.807, 2.05) is 25.1 Å². The Morgan fingerprint density at radius 1 is 1.06 bits per heavy atom. The Morgan fingerprint density at radius 3 is 2.22 bits per heavy atom. The molecule has 0 spiro atoms. The molecule has 0 fully saturated rings. The third kappa shape index (κ3) is 2.71. The Hall–Kier alpha value is -2.67. The van der Waals surface area contributed by atoms with Crippen molar-refractivity contribution in [1.82, 2.24) is 0 Å². The summed E-state index contributed by atoms with van der Waals surface area (Å²) in [5.41, 5.74) is 2.63. The van der Waals surface area contributed by atoms with Crippen molar-refractivity contribution in [2.24, 2.45) is 5.11 Å². The van der Waals surface area contributed by atoms with Gasteiger partial charge in [0, 0.05) is 17.2 Å². The fraction of sp³-hybridized carbons (Fsp3) is 0.0714. The lowest BCUT2D eigenvalue weighted by Gasteiger charge is -2.00. The molecule has 2 aromatic rings. The van der Waals surface area contributed by atoms with Crippen molar-refractivity contribution < 1.29 is 4.86 Å². The van der Waals surface area contributed by atoms with E-state index in [4.69, 9.17) is 5.26 Å². The minimum Gasteiger partial charge on any atom is -0.594 e. The van der Waals surface area contributed by atoms with Crippen LogP contribution in [0.4, 0.5) is 11.4 Å². The number of nitriles is 1. The fourth-order valence-electron chi connectivity index (χ4n) is 1.44. The van der Waals surface area contributed by atoms with E-state index in [0.717, 1.165) is 5.56 Å². The van der Waals surface area contributed by atoms with Crippen LogP contribution in [0.5, 0.6) is 0 Å². The number of rotatable bonds is 2. The average molecular weight is 237 g/mol. The first-order chi connectivity index (χ1) is 8.69. The SMILES string of the molecule is Cc1ccc([N+]([O-])=Nc2ccc(C#N)cc2)cc1. The molecule has 0 radical (unpaired) electrons. The number of nitrogens with zero attached hydrogens (tertiary/aromatic N) is 3. The Labute approximate surface area is 105 Å². The van der Waals surface area contributed by atoms with Crippen molar-refractivity contribution in [3.63, 3.8) is 0 Å². The molecule has 0 aromatic heterocycles. The molecule has 2 rings (SSSR count). The Balaban J connectivity index is 2.26. The van der Waals surface area contributed by atoms with Gasteiger partial charge in [0.05, 0.1) is 11.6 Å². The maximum Gasteiger partial charge on any atom is 0.244 e. The predicted octanol–water partition coefficient (Wildman–Crippen LogP) is 3.79. The molecule has 0 unspecified atom stereocenters. The summed E-state index contributed by atoms with van der Waals surface area (Å²) in [6.07, 6.45) is 0. The minimum absolute atomic E-state index is 0.477. The van der Waals surface area contributed by atoms with Gasteiger partial charge in [-0.2, -0.15) is 5.26 Å². The second-order valence-electron chi connectivity index (χ2n) is 3.87. The molecule has 0 aliphatic heterocycles. The molecule has 0 aliphatic rings. The molecule has 0 saturated heterocycles. The van der Waals surface area contributed by atoms with Crippen LogP contribution in [-0.2, 0) is 0 Å². The monoisotopic (exact) mass is 237 g/mol. The van der Waals surface area contributed by atoms with Crippen molar-refractivity contribution in [3.05, 3.63) is 64.9 Å². The zero-order valence-corrected chi connectivity index (χ0v) is 9.87. The lowest BCUT2D eigenvalue weighted by atomic mass is 10.2. The third-order valence-corrected chi connectivity index (χ3v) is 2.46. The number of benzene rings is 2. The van der Waals surface area contributed by atoms with E-state index in [-0.39, 0.29) is 0 Å². The van der Waals surface area contributed by atoms with E-state index in [1.54, 1.807) is 36.4 Å². The van der Waals surface area contributed by atoms with E-state index in [1.165, 1.54) is 0 Å². The molecule has 4 heteroatoms. The molecule has 0 amide bonds. The largest absolute Gasteiger partial charge is 0.594 e. The van der Waals surface area contributed by atoms with Crippen LogP contribution in [0.15, 0.2) is 53.6 Å². The summed E-state index contributed by atoms with van der Waals surface area (Å²) in [7, 11) is 0. The smallest absolute Gasteiger partial charge is 0.244 e. The highest BCUT2D eigenvalue weighted by molar-refractivity contribution is 5.42. The van der Waals surface area contributed by atoms with Gasteiger partial charge in [0.25, 0.3) is 0 Å². The highest BCUT2D eigenvalue weighted by Crippen LogP contribution is 2.18. The van der Waals surface area contributed by atoms with Crippen LogP contribution in [0.3, 0.4) is 0 Å². The Bertz CT molecular complexity index is 607. The van der Waals surface area contributed by atoms with E-state index >= 15 is 0 Å². The molecule has 0 saturated carbocycles. The normalized spacial score (nSPS) is 11.0. The summed E-state index contributed by atoms with van der Waals surface area (Å²) < 4.78 is 0. The van der Waals surface area contributed by atoms with Crippen LogP contribution in [0.25, 0.3) is 0 Å². The van der Waals surface area contributed by atoms with E-state index < -0.39 is 0 Å². The van der Waals surface area contributed by atoms with Crippen LogP contribution in [0.1, 0.15) is 11.1 Å². The maximum absolute atomic E-state index is 11.8. The van der Waals surface area contributed by atoms with Gasteiger partial charge in [0.2, 0.25) is 5.69 Å². The van der Waals surface area contributed by atoms with Gasteiger partial charge in [-0.3, -0.25) is 0 Å². The van der Waals surface area contributed by atoms with Crippen LogP contribution < -0.4 is 0 Å². The molecule has 0 atom stereocenters. The molecule has 0 bridgehead atoms. The van der Waals surface area contributed by atoms with Gasteiger partial charge in [-0.05, 0) is 31.2 Å². The lowest BCUT2D eigenvalue weighted by Crippen LogP contribution is -1.90. The molecule has 0 aliphatic carbocycles. The van der Waals surface area contributed by atoms with Crippen molar-refractivity contribution in [1.29, 1.82) is 5.26 Å². The van der Waals surface area contributed by atoms with Crippen LogP contribution >= 0.6 is 0 Å². The summed E-state index contributed by atoms with van der Waals surface area (Å²) in [6.45, 7) is 1.96. The second-order valence-corrected chi connectivity index (χ2v) is 3.87. The minimum atomic E-state index is 0.477. The maximum atomic E-state index is 11.8. The van der Waals surface area contributed by atoms with Gasteiger partial charge >= 0.3 is 0 Å². The lowest BCUT2D eigenvalue weighted by molar-refractivity contribution is -0.435. The predicted molar refractivity (Wildman–Crippen MR) is 67.7 cm³/mol. The molecular formula is C14H11N3O. The van der Waals surface area contributed by atoms with E-state index in [2.05, 4.69) is 5.11 Å². The number of aryl methyl sites for hydroxylation is 1. The van der Waals surface area contributed by atoms with Gasteiger partial charge in [-0.15, -0.1) is 0 Å². The number of azo groups is 1. The summed E-state index contributed by atoms with van der Waals surface area (Å²) in [5.74, 6) is 0. The fourth-order valence-corrected chi connectivity index (χ4v) is 1.44. The van der Waals surface area contributed by atoms with Gasteiger partial charge in [0.1, 0.15) is 5.69 Å². The zero-order valence-electron chi connectivity index (χ0n) is 9.87. The van der Waals surface area contributed by atoms with Crippen molar-refractivity contribution in [3.8, 4) is 6.07 Å². The number of hydrogen-bond donors (Lipinski definition) is 0. The summed E-state index contributed by atoms with van der Waals surface area (Å²) in [4.78, 5) is 0.570. The highest BCUT2D eigenvalue weighted by atomic mass is 16.5. The molecule has 4 nitrogen and oxygen atoms in total. The van der Waals surface area contributed by atoms with Gasteiger partial charge in [-0.25, -0.2) is 0 Å². The molecule has 18 heavy (non-hydrogen) atoms. The van der Waals surface area contributed by atoms with E-state index in [0.29, 0.717) is 21.8 Å². The van der Waals surface area contributed by atoms with Crippen LogP contribution in [-0.4, -0.2) is 4.86 Å². The molecule has 0 heterocycles. The quantitative estimate of drug-likeness (QED) is 0.453. The first kappa shape index (κ1) is 11.8. The first-order valence-electron chi connectivity index (χ1n) is 5.45. The Kier molecular flexibility index (Phi) is 3.35. The molecule has 2 aromatic carbocycles. The summed E-state index contributed by atoms with van der Waals surface area (Å²) in [5, 5.41) is 24.3.